The van der Waals surface area contributed by atoms with Crippen molar-refractivity contribution in [3.05, 3.63) is 94.7 Å². The van der Waals surface area contributed by atoms with Gasteiger partial charge in [-0.25, -0.2) is 0 Å². The van der Waals surface area contributed by atoms with E-state index in [4.69, 9.17) is 20.8 Å². The fourth-order valence-electron chi connectivity index (χ4n) is 5.00. The van der Waals surface area contributed by atoms with Gasteiger partial charge in [0, 0.05) is 24.1 Å². The average molecular weight is 516 g/mol. The van der Waals surface area contributed by atoms with Crippen molar-refractivity contribution in [3.8, 4) is 5.75 Å². The zero-order valence-electron chi connectivity index (χ0n) is 21.9. The molecule has 0 atom stereocenters. The van der Waals surface area contributed by atoms with Crippen LogP contribution in [0, 0.1) is 0 Å². The van der Waals surface area contributed by atoms with Crippen molar-refractivity contribution in [1.82, 2.24) is 0 Å². The number of halogens is 1. The first kappa shape index (κ1) is 25.4. The molecule has 2 aromatic carbocycles. The highest BCUT2D eigenvalue weighted by molar-refractivity contribution is 6.32. The molecule has 1 aromatic heterocycles. The second-order valence-electron chi connectivity index (χ2n) is 9.71. The van der Waals surface area contributed by atoms with E-state index in [-0.39, 0.29) is 0 Å². The number of nitrogens with zero attached hydrogens (tertiary/aromatic N) is 2. The van der Waals surface area contributed by atoms with Crippen LogP contribution < -0.4 is 14.2 Å². The summed E-state index contributed by atoms with van der Waals surface area (Å²) in [5.74, 6) is 2.65. The van der Waals surface area contributed by atoms with Gasteiger partial charge in [-0.05, 0) is 67.2 Å². The summed E-state index contributed by atoms with van der Waals surface area (Å²) in [5, 5.41) is 0.839. The minimum atomic E-state index is 0.839. The predicted octanol–water partition coefficient (Wildman–Crippen LogP) is 8.68. The van der Waals surface area contributed by atoms with Gasteiger partial charge in [-0.1, -0.05) is 68.6 Å². The molecule has 5 rings (SSSR count). The minimum absolute atomic E-state index is 0.839. The molecule has 0 saturated heterocycles. The van der Waals surface area contributed by atoms with Crippen molar-refractivity contribution >= 4 is 34.5 Å². The molecule has 0 N–H and O–H groups in total. The number of benzene rings is 2. The molecule has 2 heterocycles. The van der Waals surface area contributed by atoms with Crippen LogP contribution in [0.4, 0.5) is 5.69 Å². The molecule has 2 aliphatic rings. The molecule has 0 saturated carbocycles. The highest BCUT2D eigenvalue weighted by Gasteiger charge is 2.25. The van der Waals surface area contributed by atoms with Crippen molar-refractivity contribution in [2.24, 2.45) is 0 Å². The first-order valence-corrected chi connectivity index (χ1v) is 14.0. The number of aromatic nitrogens is 1. The topological polar surface area (TPSA) is 29.5 Å². The smallest absolute Gasteiger partial charge is 0.374 e. The third-order valence-electron chi connectivity index (χ3n) is 7.05. The Kier molecular flexibility index (Phi) is 8.15. The third-order valence-corrected chi connectivity index (χ3v) is 7.54. The lowest BCUT2D eigenvalue weighted by Gasteiger charge is -2.19. The molecule has 3 aromatic rings. The minimum Gasteiger partial charge on any atom is -0.439 e. The molecule has 1 aliphatic heterocycles. The van der Waals surface area contributed by atoms with E-state index in [1.165, 1.54) is 0 Å². The summed E-state index contributed by atoms with van der Waals surface area (Å²) in [6.07, 6.45) is 15.9. The molecule has 1 aliphatic carbocycles. The number of hydrogen-bond donors (Lipinski definition) is 0. The molecule has 5 heteroatoms. The summed E-state index contributed by atoms with van der Waals surface area (Å²) in [5.41, 5.74) is 5.49. The molecule has 0 bridgehead atoms. The highest BCUT2D eigenvalue weighted by Crippen LogP contribution is 2.39. The summed E-state index contributed by atoms with van der Waals surface area (Å²) in [6, 6.07) is 16.5. The average Bonchev–Trinajstić information content (AvgIpc) is 3.46. The lowest BCUT2D eigenvalue weighted by atomic mass is 9.94. The Hall–Kier alpha value is -3.24. The lowest BCUT2D eigenvalue weighted by Crippen LogP contribution is -2.35. The standard InChI is InChI=1S/C32H36ClN2O2/c1-3-5-22-34-26-14-7-9-16-28(26)36-30(34)20-18-24-12-11-13-25(32(24)33)19-21-31-35(23-6-4-2)27-15-8-10-17-29(27)37-31/h7-10,14-21H,3-6,11-13,22-23H2,1-2H3/q+1. The van der Waals surface area contributed by atoms with Gasteiger partial charge in [-0.2, -0.15) is 4.57 Å². The van der Waals surface area contributed by atoms with Gasteiger partial charge in [0.25, 0.3) is 5.52 Å². The van der Waals surface area contributed by atoms with E-state index >= 15 is 0 Å². The van der Waals surface area contributed by atoms with E-state index in [1.54, 1.807) is 0 Å². The van der Waals surface area contributed by atoms with E-state index in [0.29, 0.717) is 0 Å². The Bertz CT molecular complexity index is 1380. The summed E-state index contributed by atoms with van der Waals surface area (Å²) in [7, 11) is 0. The molecule has 4 nitrogen and oxygen atoms in total. The molecule has 37 heavy (non-hydrogen) atoms. The van der Waals surface area contributed by atoms with Crippen molar-refractivity contribution < 1.29 is 13.7 Å². The molecule has 0 unspecified atom stereocenters. The van der Waals surface area contributed by atoms with Crippen molar-refractivity contribution in [2.75, 3.05) is 11.4 Å². The van der Waals surface area contributed by atoms with Gasteiger partial charge >= 0.3 is 5.89 Å². The second-order valence-corrected chi connectivity index (χ2v) is 10.1. The normalized spacial score (nSPS) is 18.0. The Morgan fingerprint density at radius 2 is 1.76 bits per heavy atom. The maximum absolute atomic E-state index is 6.95. The van der Waals surface area contributed by atoms with Crippen molar-refractivity contribution in [2.45, 2.75) is 65.3 Å². The number of oxazole rings is 1. The SMILES string of the molecule is CCCCN1/C(=C/C=C2\CCCC(/C=C/c3oc4ccccc4[n+]3CCCC)=C2Cl)Oc2ccccc21. The van der Waals surface area contributed by atoms with Crippen LogP contribution >= 0.6 is 11.6 Å². The summed E-state index contributed by atoms with van der Waals surface area (Å²) in [4.78, 5) is 2.27. The number of anilines is 1. The fraction of sp³-hybridized carbons (Fsp3) is 0.344. The zero-order chi connectivity index (χ0) is 25.6. The number of allylic oxidation sites excluding steroid dienone is 6. The summed E-state index contributed by atoms with van der Waals surface area (Å²) in [6.45, 7) is 6.31. The van der Waals surface area contributed by atoms with Gasteiger partial charge in [-0.3, -0.25) is 0 Å². The summed E-state index contributed by atoms with van der Waals surface area (Å²) < 4.78 is 14.7. The van der Waals surface area contributed by atoms with Gasteiger partial charge in [-0.15, -0.1) is 0 Å². The van der Waals surface area contributed by atoms with Crippen LogP contribution in [0.3, 0.4) is 0 Å². The van der Waals surface area contributed by atoms with Crippen LogP contribution in [0.25, 0.3) is 17.2 Å². The Balaban J connectivity index is 1.41. The van der Waals surface area contributed by atoms with Gasteiger partial charge in [0.2, 0.25) is 11.5 Å². The molecule has 0 amide bonds. The third kappa shape index (κ3) is 5.55. The Labute approximate surface area is 225 Å². The highest BCUT2D eigenvalue weighted by atomic mass is 35.5. The van der Waals surface area contributed by atoms with Crippen LogP contribution in [-0.2, 0) is 6.54 Å². The van der Waals surface area contributed by atoms with Crippen LogP contribution in [-0.4, -0.2) is 6.54 Å². The van der Waals surface area contributed by atoms with Crippen LogP contribution in [0.2, 0.25) is 0 Å². The summed E-state index contributed by atoms with van der Waals surface area (Å²) >= 11 is 6.95. The number of rotatable bonds is 9. The van der Waals surface area contributed by atoms with E-state index < -0.39 is 0 Å². The van der Waals surface area contributed by atoms with Crippen LogP contribution in [0.5, 0.6) is 5.75 Å². The van der Waals surface area contributed by atoms with Gasteiger partial charge < -0.3 is 14.1 Å². The van der Waals surface area contributed by atoms with Crippen molar-refractivity contribution in [1.29, 1.82) is 0 Å². The Morgan fingerprint density at radius 3 is 2.62 bits per heavy atom. The monoisotopic (exact) mass is 515 g/mol. The fourth-order valence-corrected chi connectivity index (χ4v) is 5.31. The molecule has 0 fully saturated rings. The van der Waals surface area contributed by atoms with E-state index in [2.05, 4.69) is 71.9 Å². The number of para-hydroxylation sites is 4. The quantitative estimate of drug-likeness (QED) is 0.267. The Morgan fingerprint density at radius 1 is 0.946 bits per heavy atom. The van der Waals surface area contributed by atoms with Crippen molar-refractivity contribution in [3.63, 3.8) is 0 Å². The van der Waals surface area contributed by atoms with E-state index in [0.717, 1.165) is 109 Å². The predicted molar refractivity (Wildman–Crippen MR) is 153 cm³/mol. The molecule has 192 valence electrons. The number of hydrogen-bond acceptors (Lipinski definition) is 3. The molecule has 0 radical (unpaired) electrons. The maximum Gasteiger partial charge on any atom is 0.374 e. The number of unbranched alkanes of at least 4 members (excludes halogenated alkanes) is 2. The molecular weight excluding hydrogens is 480 g/mol. The maximum atomic E-state index is 6.95. The van der Waals surface area contributed by atoms with E-state index in [1.807, 2.05) is 24.3 Å². The first-order chi connectivity index (χ1) is 18.2. The van der Waals surface area contributed by atoms with Crippen LogP contribution in [0.15, 0.2) is 93.2 Å². The largest absolute Gasteiger partial charge is 0.439 e. The van der Waals surface area contributed by atoms with Gasteiger partial charge in [0.15, 0.2) is 12.3 Å². The van der Waals surface area contributed by atoms with Gasteiger partial charge in [0.05, 0.1) is 11.8 Å². The number of ether oxygens (including phenoxy) is 1. The van der Waals surface area contributed by atoms with Crippen LogP contribution in [0.1, 0.15) is 64.7 Å². The molecular formula is C32H36ClN2O2+. The second kappa shape index (κ2) is 11.9. The lowest BCUT2D eigenvalue weighted by molar-refractivity contribution is -0.678. The first-order valence-electron chi connectivity index (χ1n) is 13.6. The zero-order valence-corrected chi connectivity index (χ0v) is 22.6. The van der Waals surface area contributed by atoms with E-state index in [9.17, 15) is 0 Å². The molecule has 0 spiro atoms. The van der Waals surface area contributed by atoms with Gasteiger partial charge in [0.1, 0.15) is 0 Å². The number of aryl methyl sites for hydroxylation is 1. The number of fused-ring (bicyclic) bond motifs is 2.